The second-order valence-corrected chi connectivity index (χ2v) is 6.42. The predicted octanol–water partition coefficient (Wildman–Crippen LogP) is 3.36. The van der Waals surface area contributed by atoms with Gasteiger partial charge in [-0.2, -0.15) is 0 Å². The summed E-state index contributed by atoms with van der Waals surface area (Å²) < 4.78 is 0. The maximum absolute atomic E-state index is 6.01. The van der Waals surface area contributed by atoms with Crippen LogP contribution in [0.3, 0.4) is 0 Å². The van der Waals surface area contributed by atoms with E-state index >= 15 is 0 Å². The van der Waals surface area contributed by atoms with Crippen molar-refractivity contribution in [1.82, 2.24) is 5.32 Å². The third-order valence-electron chi connectivity index (χ3n) is 4.26. The first kappa shape index (κ1) is 15.0. The van der Waals surface area contributed by atoms with Crippen LogP contribution in [0.2, 0.25) is 0 Å². The van der Waals surface area contributed by atoms with Crippen molar-refractivity contribution in [2.45, 2.75) is 47.3 Å². The Morgan fingerprint density at radius 1 is 1.30 bits per heavy atom. The molecular weight excluding hydrogens is 246 g/mol. The van der Waals surface area contributed by atoms with Gasteiger partial charge in [0.15, 0.2) is 6.29 Å². The van der Waals surface area contributed by atoms with Gasteiger partial charge in [-0.05, 0) is 44.6 Å². The Bertz CT molecular complexity index is 494. The molecule has 1 aliphatic heterocycles. The molecule has 3 atom stereocenters. The molecule has 2 rings (SSSR count). The molecule has 3 N–H and O–H groups in total. The lowest BCUT2D eigenvalue weighted by Gasteiger charge is -2.34. The van der Waals surface area contributed by atoms with E-state index in [1.807, 2.05) is 0 Å². The van der Waals surface area contributed by atoms with E-state index in [-0.39, 0.29) is 6.29 Å². The number of nitrogens with two attached hydrogens (primary N) is 1. The SMILES string of the molecule is CC1=CC=CC(CC(C)C)C1C1=NC(N)NC(C)=C1C. The van der Waals surface area contributed by atoms with Crippen LogP contribution in [-0.2, 0) is 0 Å². The van der Waals surface area contributed by atoms with Gasteiger partial charge in [0.05, 0.1) is 5.71 Å². The van der Waals surface area contributed by atoms with Gasteiger partial charge in [0.1, 0.15) is 0 Å². The zero-order valence-corrected chi connectivity index (χ0v) is 13.3. The summed E-state index contributed by atoms with van der Waals surface area (Å²) in [7, 11) is 0. The Morgan fingerprint density at radius 3 is 2.65 bits per heavy atom. The number of aliphatic imine (C=N–C) groups is 1. The quantitative estimate of drug-likeness (QED) is 0.828. The second kappa shape index (κ2) is 5.96. The van der Waals surface area contributed by atoms with E-state index in [2.05, 4.69) is 58.2 Å². The number of nitrogens with one attached hydrogen (secondary N) is 1. The first-order valence-electron chi connectivity index (χ1n) is 7.52. The molecule has 0 fully saturated rings. The van der Waals surface area contributed by atoms with Crippen LogP contribution in [0.4, 0.5) is 0 Å². The molecule has 0 aromatic rings. The van der Waals surface area contributed by atoms with Gasteiger partial charge in [0, 0.05) is 11.6 Å². The van der Waals surface area contributed by atoms with Crippen molar-refractivity contribution < 1.29 is 0 Å². The summed E-state index contributed by atoms with van der Waals surface area (Å²) in [4.78, 5) is 4.70. The molecular formula is C17H27N3. The van der Waals surface area contributed by atoms with Crippen molar-refractivity contribution in [3.05, 3.63) is 35.1 Å². The molecule has 0 saturated carbocycles. The molecule has 0 aromatic carbocycles. The summed E-state index contributed by atoms with van der Waals surface area (Å²) >= 11 is 0. The van der Waals surface area contributed by atoms with Crippen LogP contribution in [0, 0.1) is 17.8 Å². The monoisotopic (exact) mass is 273 g/mol. The predicted molar refractivity (Wildman–Crippen MR) is 86.3 cm³/mol. The normalized spacial score (nSPS) is 30.2. The summed E-state index contributed by atoms with van der Waals surface area (Å²) in [5, 5.41) is 3.20. The van der Waals surface area contributed by atoms with Gasteiger partial charge in [-0.1, -0.05) is 37.6 Å². The van der Waals surface area contributed by atoms with E-state index in [0.717, 1.165) is 11.4 Å². The number of hydrogen-bond donors (Lipinski definition) is 2. The summed E-state index contributed by atoms with van der Waals surface area (Å²) in [6.07, 6.45) is 7.59. The Labute approximate surface area is 122 Å². The third kappa shape index (κ3) is 3.04. The van der Waals surface area contributed by atoms with E-state index < -0.39 is 0 Å². The fourth-order valence-corrected chi connectivity index (χ4v) is 3.19. The molecule has 0 spiro atoms. The smallest absolute Gasteiger partial charge is 0.171 e. The highest BCUT2D eigenvalue weighted by atomic mass is 15.2. The Morgan fingerprint density at radius 2 is 2.00 bits per heavy atom. The Kier molecular flexibility index (Phi) is 4.48. The van der Waals surface area contributed by atoms with Crippen molar-refractivity contribution in [2.75, 3.05) is 0 Å². The topological polar surface area (TPSA) is 50.4 Å². The molecule has 1 heterocycles. The molecule has 0 amide bonds. The fourth-order valence-electron chi connectivity index (χ4n) is 3.19. The van der Waals surface area contributed by atoms with Crippen molar-refractivity contribution in [2.24, 2.45) is 28.5 Å². The van der Waals surface area contributed by atoms with Gasteiger partial charge in [-0.15, -0.1) is 0 Å². The van der Waals surface area contributed by atoms with Crippen LogP contribution < -0.4 is 11.1 Å². The van der Waals surface area contributed by atoms with Crippen LogP contribution in [0.5, 0.6) is 0 Å². The second-order valence-electron chi connectivity index (χ2n) is 6.42. The molecule has 3 nitrogen and oxygen atoms in total. The van der Waals surface area contributed by atoms with Gasteiger partial charge in [-0.3, -0.25) is 5.73 Å². The molecule has 1 aliphatic carbocycles. The number of hydrogen-bond acceptors (Lipinski definition) is 3. The van der Waals surface area contributed by atoms with E-state index in [1.54, 1.807) is 0 Å². The molecule has 0 bridgehead atoms. The third-order valence-corrected chi connectivity index (χ3v) is 4.26. The minimum Gasteiger partial charge on any atom is -0.355 e. The van der Waals surface area contributed by atoms with E-state index in [9.17, 15) is 0 Å². The molecule has 20 heavy (non-hydrogen) atoms. The summed E-state index contributed by atoms with van der Waals surface area (Å²) in [5.41, 5.74) is 10.9. The van der Waals surface area contributed by atoms with E-state index in [4.69, 9.17) is 10.7 Å². The summed E-state index contributed by atoms with van der Waals surface area (Å²) in [6.45, 7) is 11.0. The highest BCUT2D eigenvalue weighted by Gasteiger charge is 2.31. The summed E-state index contributed by atoms with van der Waals surface area (Å²) in [5.74, 6) is 1.57. The average Bonchev–Trinajstić information content (AvgIpc) is 2.34. The van der Waals surface area contributed by atoms with Gasteiger partial charge in [0.2, 0.25) is 0 Å². The molecule has 2 aliphatic rings. The van der Waals surface area contributed by atoms with Crippen molar-refractivity contribution in [3.63, 3.8) is 0 Å². The molecule has 0 saturated heterocycles. The van der Waals surface area contributed by atoms with Crippen LogP contribution >= 0.6 is 0 Å². The first-order valence-corrected chi connectivity index (χ1v) is 7.52. The van der Waals surface area contributed by atoms with Gasteiger partial charge in [-0.25, -0.2) is 4.99 Å². The van der Waals surface area contributed by atoms with Gasteiger partial charge in [0.25, 0.3) is 0 Å². The molecule has 3 heteroatoms. The average molecular weight is 273 g/mol. The van der Waals surface area contributed by atoms with Crippen LogP contribution in [0.15, 0.2) is 40.1 Å². The number of allylic oxidation sites excluding steroid dienone is 6. The molecule has 3 unspecified atom stereocenters. The fraction of sp³-hybridized carbons (Fsp3) is 0.588. The van der Waals surface area contributed by atoms with Crippen molar-refractivity contribution in [1.29, 1.82) is 0 Å². The minimum absolute atomic E-state index is 0.313. The zero-order valence-electron chi connectivity index (χ0n) is 13.3. The molecule has 0 aromatic heterocycles. The summed E-state index contributed by atoms with van der Waals surface area (Å²) in [6, 6.07) is 0. The largest absolute Gasteiger partial charge is 0.355 e. The van der Waals surface area contributed by atoms with Gasteiger partial charge < -0.3 is 5.32 Å². The standard InChI is InChI=1S/C17H27N3/c1-10(2)9-14-8-6-7-11(3)15(14)16-12(4)13(5)19-17(18)20-16/h6-8,10,14-15,17,19H,9,18H2,1-5H3. The van der Waals surface area contributed by atoms with Crippen molar-refractivity contribution in [3.8, 4) is 0 Å². The highest BCUT2D eigenvalue weighted by molar-refractivity contribution is 6.04. The van der Waals surface area contributed by atoms with E-state index in [1.165, 1.54) is 17.6 Å². The van der Waals surface area contributed by atoms with Crippen LogP contribution in [-0.4, -0.2) is 12.0 Å². The van der Waals surface area contributed by atoms with Gasteiger partial charge >= 0.3 is 0 Å². The Hall–Kier alpha value is -1.35. The lowest BCUT2D eigenvalue weighted by Crippen LogP contribution is -2.42. The van der Waals surface area contributed by atoms with E-state index in [0.29, 0.717) is 17.8 Å². The molecule has 110 valence electrons. The first-order chi connectivity index (χ1) is 9.40. The van der Waals surface area contributed by atoms with Crippen molar-refractivity contribution >= 4 is 5.71 Å². The number of nitrogens with zero attached hydrogens (tertiary/aromatic N) is 1. The molecule has 0 radical (unpaired) electrons. The Balaban J connectivity index is 2.37. The lowest BCUT2D eigenvalue weighted by atomic mass is 9.74. The zero-order chi connectivity index (χ0) is 14.9. The van der Waals surface area contributed by atoms with Crippen LogP contribution in [0.25, 0.3) is 0 Å². The maximum Gasteiger partial charge on any atom is 0.171 e. The van der Waals surface area contributed by atoms with Crippen LogP contribution in [0.1, 0.15) is 41.0 Å². The minimum atomic E-state index is -0.313. The lowest BCUT2D eigenvalue weighted by molar-refractivity contribution is 0.426. The number of rotatable bonds is 3. The maximum atomic E-state index is 6.01. The highest BCUT2D eigenvalue weighted by Crippen LogP contribution is 2.35.